The molecule has 5 heteroatoms. The van der Waals surface area contributed by atoms with E-state index in [9.17, 15) is 4.79 Å². The van der Waals surface area contributed by atoms with Gasteiger partial charge in [0.15, 0.2) is 17.3 Å². The van der Waals surface area contributed by atoms with Crippen molar-refractivity contribution in [2.24, 2.45) is 4.99 Å². The van der Waals surface area contributed by atoms with Gasteiger partial charge in [0.1, 0.15) is 0 Å². The van der Waals surface area contributed by atoms with Gasteiger partial charge in [0.2, 0.25) is 0 Å². The van der Waals surface area contributed by atoms with Crippen molar-refractivity contribution in [1.29, 1.82) is 0 Å². The third-order valence-electron chi connectivity index (χ3n) is 4.46. The van der Waals surface area contributed by atoms with Crippen LogP contribution in [0.15, 0.2) is 45.9 Å². The Morgan fingerprint density at radius 3 is 2.56 bits per heavy atom. The van der Waals surface area contributed by atoms with E-state index in [1.54, 1.807) is 0 Å². The van der Waals surface area contributed by atoms with Gasteiger partial charge in [-0.1, -0.05) is 28.1 Å². The molecule has 0 bridgehead atoms. The zero-order valence-corrected chi connectivity index (χ0v) is 15.3. The summed E-state index contributed by atoms with van der Waals surface area (Å²) in [7, 11) is 0. The van der Waals surface area contributed by atoms with E-state index in [0.29, 0.717) is 31.7 Å². The number of hydrogen-bond donors (Lipinski definition) is 0. The zero-order chi connectivity index (χ0) is 17.2. The van der Waals surface area contributed by atoms with Crippen LogP contribution in [0.3, 0.4) is 0 Å². The molecule has 0 aliphatic carbocycles. The van der Waals surface area contributed by atoms with Crippen molar-refractivity contribution in [3.8, 4) is 11.5 Å². The van der Waals surface area contributed by atoms with Crippen molar-refractivity contribution in [3.05, 3.63) is 57.6 Å². The number of Topliss-reactive ketones (excluding diaryl/α,β-unsaturated/α-hetero) is 1. The van der Waals surface area contributed by atoms with Gasteiger partial charge in [-0.3, -0.25) is 9.79 Å². The summed E-state index contributed by atoms with van der Waals surface area (Å²) in [6.07, 6.45) is 2.04. The van der Waals surface area contributed by atoms with E-state index in [2.05, 4.69) is 27.0 Å². The third-order valence-corrected chi connectivity index (χ3v) is 4.99. The molecule has 0 spiro atoms. The fourth-order valence-electron chi connectivity index (χ4n) is 3.16. The summed E-state index contributed by atoms with van der Waals surface area (Å²) in [5.74, 6) is 1.63. The van der Waals surface area contributed by atoms with Gasteiger partial charge in [-0.25, -0.2) is 0 Å². The predicted molar refractivity (Wildman–Crippen MR) is 100 cm³/mol. The molecule has 2 aliphatic heterocycles. The van der Waals surface area contributed by atoms with E-state index in [0.717, 1.165) is 40.1 Å². The first kappa shape index (κ1) is 16.3. The van der Waals surface area contributed by atoms with Crippen LogP contribution in [0, 0.1) is 0 Å². The molecule has 2 heterocycles. The highest BCUT2D eigenvalue weighted by Gasteiger charge is 2.22. The summed E-state index contributed by atoms with van der Waals surface area (Å²) < 4.78 is 12.5. The summed E-state index contributed by atoms with van der Waals surface area (Å²) in [6, 6.07) is 11.5. The Morgan fingerprint density at radius 1 is 1.08 bits per heavy atom. The molecular weight excluding hydrogens is 382 g/mol. The summed E-state index contributed by atoms with van der Waals surface area (Å²) in [6.45, 7) is 2.03. The lowest BCUT2D eigenvalue weighted by Crippen LogP contribution is -2.17. The molecule has 0 unspecified atom stereocenters. The summed E-state index contributed by atoms with van der Waals surface area (Å²) >= 11 is 3.40. The predicted octanol–water partition coefficient (Wildman–Crippen LogP) is 4.23. The molecular formula is C20H18BrNO3. The second kappa shape index (κ2) is 7.00. The lowest BCUT2D eigenvalue weighted by atomic mass is 9.93. The monoisotopic (exact) mass is 399 g/mol. The maximum absolute atomic E-state index is 12.6. The minimum Gasteiger partial charge on any atom is -0.490 e. The van der Waals surface area contributed by atoms with Crippen molar-refractivity contribution >= 4 is 27.4 Å². The Labute approximate surface area is 155 Å². The molecule has 2 aromatic rings. The number of fused-ring (bicyclic) bond motifs is 2. The minimum absolute atomic E-state index is 0.0752. The molecule has 2 aromatic carbocycles. The number of aliphatic imine (C=N–C) groups is 1. The standard InChI is InChI=1S/C20H18BrNO3/c21-15-4-2-13(3-5-15)18(23)12-17-16-11-20-19(24-8-1-9-25-20)10-14(16)6-7-22-17/h2-5,10-11H,1,6-9,12H2. The van der Waals surface area contributed by atoms with E-state index >= 15 is 0 Å². The second-order valence-electron chi connectivity index (χ2n) is 6.19. The smallest absolute Gasteiger partial charge is 0.168 e. The number of nitrogens with zero attached hydrogens (tertiary/aromatic N) is 1. The first-order valence-electron chi connectivity index (χ1n) is 8.46. The average molecular weight is 400 g/mol. The van der Waals surface area contributed by atoms with E-state index in [1.165, 1.54) is 5.56 Å². The number of ether oxygens (including phenoxy) is 2. The fraction of sp³-hybridized carbons (Fsp3) is 0.300. The summed E-state index contributed by atoms with van der Waals surface area (Å²) in [5, 5.41) is 0. The number of benzene rings is 2. The molecule has 0 atom stereocenters. The molecule has 0 radical (unpaired) electrons. The van der Waals surface area contributed by atoms with E-state index in [4.69, 9.17) is 9.47 Å². The normalized spacial score (nSPS) is 15.8. The van der Waals surface area contributed by atoms with Crippen LogP contribution in [0.4, 0.5) is 0 Å². The molecule has 0 amide bonds. The highest BCUT2D eigenvalue weighted by Crippen LogP contribution is 2.35. The highest BCUT2D eigenvalue weighted by atomic mass is 79.9. The van der Waals surface area contributed by atoms with Crippen LogP contribution in [-0.4, -0.2) is 31.3 Å². The third kappa shape index (κ3) is 3.47. The molecule has 0 saturated heterocycles. The number of halogens is 1. The van der Waals surface area contributed by atoms with Crippen LogP contribution in [0.2, 0.25) is 0 Å². The summed E-state index contributed by atoms with van der Waals surface area (Å²) in [4.78, 5) is 17.2. The SMILES string of the molecule is O=C(CC1=NCCc2cc3c(cc21)OCCCO3)c1ccc(Br)cc1. The molecule has 4 nitrogen and oxygen atoms in total. The van der Waals surface area contributed by atoms with Crippen LogP contribution < -0.4 is 9.47 Å². The molecule has 25 heavy (non-hydrogen) atoms. The van der Waals surface area contributed by atoms with Crippen LogP contribution in [-0.2, 0) is 6.42 Å². The van der Waals surface area contributed by atoms with Gasteiger partial charge in [0, 0.05) is 28.6 Å². The Balaban J connectivity index is 1.62. The maximum Gasteiger partial charge on any atom is 0.168 e. The van der Waals surface area contributed by atoms with E-state index < -0.39 is 0 Å². The minimum atomic E-state index is 0.0752. The van der Waals surface area contributed by atoms with Crippen LogP contribution >= 0.6 is 15.9 Å². The second-order valence-corrected chi connectivity index (χ2v) is 7.11. The molecule has 0 aromatic heterocycles. The molecule has 2 aliphatic rings. The van der Waals surface area contributed by atoms with E-state index in [1.807, 2.05) is 30.3 Å². The highest BCUT2D eigenvalue weighted by molar-refractivity contribution is 9.10. The van der Waals surface area contributed by atoms with Gasteiger partial charge in [-0.05, 0) is 36.2 Å². The number of hydrogen-bond acceptors (Lipinski definition) is 4. The maximum atomic E-state index is 12.6. The molecule has 0 saturated carbocycles. The van der Waals surface area contributed by atoms with E-state index in [-0.39, 0.29) is 5.78 Å². The number of carbonyl (C=O) groups excluding carboxylic acids is 1. The van der Waals surface area contributed by atoms with Gasteiger partial charge >= 0.3 is 0 Å². The molecule has 0 fully saturated rings. The Hall–Kier alpha value is -2.14. The Morgan fingerprint density at radius 2 is 1.80 bits per heavy atom. The van der Waals surface area contributed by atoms with Crippen molar-refractivity contribution in [2.45, 2.75) is 19.3 Å². The van der Waals surface area contributed by atoms with Gasteiger partial charge in [0.05, 0.1) is 25.3 Å². The Bertz CT molecular complexity index is 843. The van der Waals surface area contributed by atoms with Gasteiger partial charge in [0.25, 0.3) is 0 Å². The molecule has 0 N–H and O–H groups in total. The number of ketones is 1. The van der Waals surface area contributed by atoms with Crippen molar-refractivity contribution in [1.82, 2.24) is 0 Å². The lowest BCUT2D eigenvalue weighted by Gasteiger charge is -2.19. The van der Waals surface area contributed by atoms with Crippen LogP contribution in [0.25, 0.3) is 0 Å². The molecule has 4 rings (SSSR count). The quantitative estimate of drug-likeness (QED) is 0.725. The number of carbonyl (C=O) groups is 1. The van der Waals surface area contributed by atoms with Crippen molar-refractivity contribution < 1.29 is 14.3 Å². The first-order valence-corrected chi connectivity index (χ1v) is 9.25. The summed E-state index contributed by atoms with van der Waals surface area (Å²) in [5.41, 5.74) is 3.73. The zero-order valence-electron chi connectivity index (χ0n) is 13.8. The van der Waals surface area contributed by atoms with Crippen molar-refractivity contribution in [2.75, 3.05) is 19.8 Å². The molecule has 128 valence electrons. The van der Waals surface area contributed by atoms with Gasteiger partial charge in [-0.2, -0.15) is 0 Å². The largest absolute Gasteiger partial charge is 0.490 e. The van der Waals surface area contributed by atoms with Crippen LogP contribution in [0.1, 0.15) is 34.3 Å². The topological polar surface area (TPSA) is 47.9 Å². The van der Waals surface area contributed by atoms with Gasteiger partial charge < -0.3 is 9.47 Å². The number of rotatable bonds is 3. The fourth-order valence-corrected chi connectivity index (χ4v) is 3.43. The first-order chi connectivity index (χ1) is 12.2. The van der Waals surface area contributed by atoms with Crippen LogP contribution in [0.5, 0.6) is 11.5 Å². The average Bonchev–Trinajstić information content (AvgIpc) is 2.85. The van der Waals surface area contributed by atoms with Gasteiger partial charge in [-0.15, -0.1) is 0 Å². The Kier molecular flexibility index (Phi) is 4.57. The lowest BCUT2D eigenvalue weighted by molar-refractivity contribution is 0.100. The van der Waals surface area contributed by atoms with Crippen molar-refractivity contribution in [3.63, 3.8) is 0 Å².